The maximum Gasteiger partial charge on any atom is 0.303 e. The molecule has 0 bridgehead atoms. The molecule has 0 aliphatic carbocycles. The van der Waals surface area contributed by atoms with Gasteiger partial charge in [0.05, 0.1) is 0 Å². The molecule has 2 atom stereocenters. The van der Waals surface area contributed by atoms with Gasteiger partial charge in [0.25, 0.3) is 0 Å². The fourth-order valence-electron chi connectivity index (χ4n) is 2.98. The fraction of sp³-hybridized carbons (Fsp3) is 0.923. The highest BCUT2D eigenvalue weighted by molar-refractivity contribution is 7.99. The van der Waals surface area contributed by atoms with E-state index in [4.69, 9.17) is 5.11 Å². The molecule has 0 aromatic carbocycles. The molecule has 0 saturated carbocycles. The number of rotatable bonds is 5. The van der Waals surface area contributed by atoms with Crippen molar-refractivity contribution in [3.63, 3.8) is 0 Å². The molecule has 0 spiro atoms. The van der Waals surface area contributed by atoms with Crippen molar-refractivity contribution in [2.75, 3.05) is 24.6 Å². The van der Waals surface area contributed by atoms with Crippen LogP contribution >= 0.6 is 11.8 Å². The summed E-state index contributed by atoms with van der Waals surface area (Å²) < 4.78 is 0. The second kappa shape index (κ2) is 6.64. The summed E-state index contributed by atoms with van der Waals surface area (Å²) in [6.45, 7) is 2.39. The maximum atomic E-state index is 10.7. The molecule has 4 heteroatoms. The third-order valence-corrected chi connectivity index (χ3v) is 5.19. The van der Waals surface area contributed by atoms with Crippen molar-refractivity contribution in [1.29, 1.82) is 0 Å². The number of hydrogen-bond acceptors (Lipinski definition) is 3. The van der Waals surface area contributed by atoms with Gasteiger partial charge in [-0.25, -0.2) is 0 Å². The predicted octanol–water partition coefficient (Wildman–Crippen LogP) is 2.46. The Morgan fingerprint density at radius 2 is 2.24 bits per heavy atom. The van der Waals surface area contributed by atoms with Gasteiger partial charge in [0.1, 0.15) is 0 Å². The first kappa shape index (κ1) is 13.2. The van der Waals surface area contributed by atoms with Crippen LogP contribution in [0.15, 0.2) is 0 Å². The number of hydrogen-bond donors (Lipinski definition) is 1. The van der Waals surface area contributed by atoms with Crippen molar-refractivity contribution in [2.24, 2.45) is 5.92 Å². The van der Waals surface area contributed by atoms with E-state index in [9.17, 15) is 4.79 Å². The van der Waals surface area contributed by atoms with Gasteiger partial charge in [0.15, 0.2) is 0 Å². The smallest absolute Gasteiger partial charge is 0.303 e. The van der Waals surface area contributed by atoms with Crippen LogP contribution < -0.4 is 0 Å². The zero-order valence-electron chi connectivity index (χ0n) is 10.4. The molecule has 2 aliphatic rings. The molecule has 0 amide bonds. The van der Waals surface area contributed by atoms with E-state index < -0.39 is 5.97 Å². The highest BCUT2D eigenvalue weighted by atomic mass is 32.2. The minimum atomic E-state index is -0.646. The zero-order chi connectivity index (χ0) is 12.1. The Morgan fingerprint density at radius 3 is 2.94 bits per heavy atom. The quantitative estimate of drug-likeness (QED) is 0.821. The number of carboxylic acid groups (broad SMARTS) is 1. The topological polar surface area (TPSA) is 40.5 Å². The van der Waals surface area contributed by atoms with Crippen LogP contribution in [0.2, 0.25) is 0 Å². The van der Waals surface area contributed by atoms with E-state index in [1.54, 1.807) is 0 Å². The normalized spacial score (nSPS) is 30.6. The number of likely N-dealkylation sites (tertiary alicyclic amines) is 1. The second-order valence-electron chi connectivity index (χ2n) is 5.31. The Kier molecular flexibility index (Phi) is 5.16. The van der Waals surface area contributed by atoms with Gasteiger partial charge < -0.3 is 10.0 Å². The van der Waals surface area contributed by atoms with Crippen LogP contribution in [0.1, 0.15) is 38.5 Å². The van der Waals surface area contributed by atoms with Crippen LogP contribution in [-0.2, 0) is 4.79 Å². The fourth-order valence-corrected chi connectivity index (χ4v) is 4.25. The average molecular weight is 257 g/mol. The molecule has 3 nitrogen and oxygen atoms in total. The number of nitrogens with zero attached hydrogens (tertiary/aromatic N) is 1. The average Bonchev–Trinajstić information content (AvgIpc) is 2.80. The number of carboxylic acids is 1. The lowest BCUT2D eigenvalue weighted by Gasteiger charge is -2.37. The molecule has 2 rings (SSSR count). The Hall–Kier alpha value is -0.220. The number of aliphatic carboxylic acids is 1. The van der Waals surface area contributed by atoms with Crippen molar-refractivity contribution in [1.82, 2.24) is 4.90 Å². The van der Waals surface area contributed by atoms with Crippen LogP contribution in [0.4, 0.5) is 0 Å². The lowest BCUT2D eigenvalue weighted by atomic mass is 9.96. The molecule has 2 saturated heterocycles. The van der Waals surface area contributed by atoms with Gasteiger partial charge in [-0.2, -0.15) is 11.8 Å². The van der Waals surface area contributed by atoms with Crippen LogP contribution in [0.3, 0.4) is 0 Å². The molecule has 2 unspecified atom stereocenters. The van der Waals surface area contributed by atoms with Crippen LogP contribution in [-0.4, -0.2) is 46.6 Å². The Balaban J connectivity index is 1.80. The molecule has 0 aromatic rings. The summed E-state index contributed by atoms with van der Waals surface area (Å²) in [7, 11) is 0. The molecule has 1 N–H and O–H groups in total. The Bertz CT molecular complexity index is 254. The van der Waals surface area contributed by atoms with E-state index in [2.05, 4.69) is 16.7 Å². The van der Waals surface area contributed by atoms with E-state index >= 15 is 0 Å². The van der Waals surface area contributed by atoms with E-state index in [1.807, 2.05) is 0 Å². The van der Waals surface area contributed by atoms with E-state index in [0.29, 0.717) is 12.5 Å². The van der Waals surface area contributed by atoms with Gasteiger partial charge in [-0.15, -0.1) is 0 Å². The molecular formula is C13H23NO2S. The molecule has 98 valence electrons. The Morgan fingerprint density at radius 1 is 1.35 bits per heavy atom. The highest BCUT2D eigenvalue weighted by Gasteiger charge is 2.26. The summed E-state index contributed by atoms with van der Waals surface area (Å²) in [5.74, 6) is 2.83. The van der Waals surface area contributed by atoms with Gasteiger partial charge in [0.2, 0.25) is 0 Å². The zero-order valence-corrected chi connectivity index (χ0v) is 11.3. The summed E-state index contributed by atoms with van der Waals surface area (Å²) in [4.78, 5) is 13.2. The van der Waals surface area contributed by atoms with E-state index in [1.165, 1.54) is 50.3 Å². The number of thioether (sulfide) groups is 1. The summed E-state index contributed by atoms with van der Waals surface area (Å²) >= 11 is 2.07. The van der Waals surface area contributed by atoms with Crippen molar-refractivity contribution in [3.05, 3.63) is 0 Å². The van der Waals surface area contributed by atoms with Crippen LogP contribution in [0.5, 0.6) is 0 Å². The predicted molar refractivity (Wildman–Crippen MR) is 71.5 cm³/mol. The summed E-state index contributed by atoms with van der Waals surface area (Å²) in [5.41, 5.74) is 0. The van der Waals surface area contributed by atoms with Gasteiger partial charge in [-0.05, 0) is 49.7 Å². The first-order valence-corrected chi connectivity index (χ1v) is 7.95. The minimum Gasteiger partial charge on any atom is -0.481 e. The molecule has 17 heavy (non-hydrogen) atoms. The molecule has 0 aromatic heterocycles. The van der Waals surface area contributed by atoms with Gasteiger partial charge in [-0.1, -0.05) is 6.42 Å². The molecule has 0 radical (unpaired) electrons. The summed E-state index contributed by atoms with van der Waals surface area (Å²) in [6.07, 6.45) is 6.30. The van der Waals surface area contributed by atoms with Crippen LogP contribution in [0.25, 0.3) is 0 Å². The van der Waals surface area contributed by atoms with Gasteiger partial charge in [0, 0.05) is 19.0 Å². The van der Waals surface area contributed by atoms with Crippen molar-refractivity contribution >= 4 is 17.7 Å². The molecule has 2 aliphatic heterocycles. The van der Waals surface area contributed by atoms with Crippen LogP contribution in [0, 0.1) is 5.92 Å². The number of piperidine rings is 1. The van der Waals surface area contributed by atoms with Crippen molar-refractivity contribution in [2.45, 2.75) is 44.6 Å². The highest BCUT2D eigenvalue weighted by Crippen LogP contribution is 2.28. The number of carbonyl (C=O) groups is 1. The molecular weight excluding hydrogens is 234 g/mol. The minimum absolute atomic E-state index is 0.334. The second-order valence-corrected chi connectivity index (χ2v) is 6.46. The van der Waals surface area contributed by atoms with Gasteiger partial charge >= 0.3 is 5.97 Å². The van der Waals surface area contributed by atoms with E-state index in [0.717, 1.165) is 12.3 Å². The first-order chi connectivity index (χ1) is 8.25. The lowest BCUT2D eigenvalue weighted by Crippen LogP contribution is -2.42. The molecule has 2 heterocycles. The largest absolute Gasteiger partial charge is 0.481 e. The lowest BCUT2D eigenvalue weighted by molar-refractivity contribution is -0.137. The standard InChI is InChI=1S/C13H23NO2S/c15-13(16)5-4-12-3-1-2-7-14(12)9-11-6-8-17-10-11/h11-12H,1-10H2,(H,15,16). The third-order valence-electron chi connectivity index (χ3n) is 3.96. The molecule has 2 fully saturated rings. The van der Waals surface area contributed by atoms with E-state index in [-0.39, 0.29) is 0 Å². The SMILES string of the molecule is O=C(O)CCC1CCCCN1CC1CCSC1. The summed E-state index contributed by atoms with van der Waals surface area (Å²) in [6, 6.07) is 0.533. The maximum absolute atomic E-state index is 10.7. The van der Waals surface area contributed by atoms with Crippen molar-refractivity contribution in [3.8, 4) is 0 Å². The van der Waals surface area contributed by atoms with Gasteiger partial charge in [-0.3, -0.25) is 4.79 Å². The summed E-state index contributed by atoms with van der Waals surface area (Å²) in [5, 5.41) is 8.79. The third kappa shape index (κ3) is 4.18. The van der Waals surface area contributed by atoms with Crippen molar-refractivity contribution < 1.29 is 9.90 Å². The Labute approximate surface area is 108 Å². The first-order valence-electron chi connectivity index (χ1n) is 6.79. The monoisotopic (exact) mass is 257 g/mol.